The molecule has 0 aliphatic carbocycles. The third kappa shape index (κ3) is 3.57. The number of carbonyl (C=O) groups excluding carboxylic acids is 1. The summed E-state index contributed by atoms with van der Waals surface area (Å²) in [6, 6.07) is 5.37. The number of aliphatic hydroxyl groups excluding tert-OH is 1. The first-order valence-corrected chi connectivity index (χ1v) is 8.36. The van der Waals surface area contributed by atoms with Crippen molar-refractivity contribution in [1.82, 2.24) is 9.55 Å². The quantitative estimate of drug-likeness (QED) is 0.794. The molecule has 0 radical (unpaired) electrons. The van der Waals surface area contributed by atoms with Crippen molar-refractivity contribution in [1.29, 1.82) is 0 Å². The normalized spacial score (nSPS) is 11.0. The Morgan fingerprint density at radius 1 is 1.48 bits per heavy atom. The van der Waals surface area contributed by atoms with E-state index in [-0.39, 0.29) is 12.6 Å². The predicted octanol–water partition coefficient (Wildman–Crippen LogP) is 2.11. The molecule has 1 heterocycles. The average molecular weight is 308 g/mol. The number of fused-ring (bicyclic) bond motifs is 1. The molecule has 0 unspecified atom stereocenters. The molecule has 1 N–H and O–H groups in total. The summed E-state index contributed by atoms with van der Waals surface area (Å²) < 4.78 is 7.02. The fourth-order valence-electron chi connectivity index (χ4n) is 2.25. The van der Waals surface area contributed by atoms with Crippen LogP contribution in [0.2, 0.25) is 0 Å². The van der Waals surface area contributed by atoms with Crippen molar-refractivity contribution in [2.45, 2.75) is 19.9 Å². The highest BCUT2D eigenvalue weighted by Crippen LogP contribution is 2.19. The number of nitrogens with zero attached hydrogens (tertiary/aromatic N) is 2. The van der Waals surface area contributed by atoms with Gasteiger partial charge in [0.1, 0.15) is 5.82 Å². The highest BCUT2D eigenvalue weighted by molar-refractivity contribution is 7.98. The molecule has 0 aliphatic heterocycles. The summed E-state index contributed by atoms with van der Waals surface area (Å²) in [6.45, 7) is 2.72. The third-order valence-corrected chi connectivity index (χ3v) is 3.80. The van der Waals surface area contributed by atoms with Crippen LogP contribution in [-0.4, -0.2) is 45.8 Å². The van der Waals surface area contributed by atoms with E-state index in [1.807, 2.05) is 10.6 Å². The van der Waals surface area contributed by atoms with Crippen LogP contribution in [-0.2, 0) is 17.7 Å². The van der Waals surface area contributed by atoms with Crippen LogP contribution in [0.25, 0.3) is 11.0 Å². The lowest BCUT2D eigenvalue weighted by Gasteiger charge is -2.07. The van der Waals surface area contributed by atoms with Gasteiger partial charge in [-0.15, -0.1) is 0 Å². The van der Waals surface area contributed by atoms with Gasteiger partial charge in [0.25, 0.3) is 0 Å². The largest absolute Gasteiger partial charge is 0.462 e. The van der Waals surface area contributed by atoms with Gasteiger partial charge in [-0.2, -0.15) is 11.8 Å². The van der Waals surface area contributed by atoms with E-state index >= 15 is 0 Å². The topological polar surface area (TPSA) is 64.3 Å². The Labute approximate surface area is 128 Å². The zero-order valence-electron chi connectivity index (χ0n) is 12.3. The number of aryl methyl sites for hydroxylation is 1. The summed E-state index contributed by atoms with van der Waals surface area (Å²) in [5.74, 6) is 1.58. The second-order valence-corrected chi connectivity index (χ2v) is 5.56. The Balaban J connectivity index is 2.40. The van der Waals surface area contributed by atoms with E-state index in [4.69, 9.17) is 4.74 Å². The summed E-state index contributed by atoms with van der Waals surface area (Å²) in [6.07, 6.45) is 2.89. The summed E-state index contributed by atoms with van der Waals surface area (Å²) in [7, 11) is 0. The molecule has 6 heteroatoms. The molecular formula is C15H20N2O3S. The lowest BCUT2D eigenvalue weighted by molar-refractivity contribution is 0.0526. The number of aromatic nitrogens is 2. The van der Waals surface area contributed by atoms with Crippen LogP contribution in [0, 0.1) is 0 Å². The van der Waals surface area contributed by atoms with E-state index in [2.05, 4.69) is 11.2 Å². The van der Waals surface area contributed by atoms with Crippen LogP contribution in [0.15, 0.2) is 18.2 Å². The number of ether oxygens (including phenoxy) is 1. The zero-order valence-corrected chi connectivity index (χ0v) is 13.2. The molecule has 2 rings (SSSR count). The Bertz CT molecular complexity index is 625. The zero-order chi connectivity index (χ0) is 15.2. The van der Waals surface area contributed by atoms with Crippen molar-refractivity contribution in [3.05, 3.63) is 29.6 Å². The average Bonchev–Trinajstić information content (AvgIpc) is 2.83. The highest BCUT2D eigenvalue weighted by atomic mass is 32.2. The number of rotatable bonds is 7. The van der Waals surface area contributed by atoms with Crippen molar-refractivity contribution in [3.63, 3.8) is 0 Å². The molecule has 2 aromatic rings. The molecular weight excluding hydrogens is 288 g/mol. The summed E-state index contributed by atoms with van der Waals surface area (Å²) >= 11 is 1.76. The molecule has 1 aromatic heterocycles. The van der Waals surface area contributed by atoms with Crippen molar-refractivity contribution in [2.75, 3.05) is 25.2 Å². The van der Waals surface area contributed by atoms with Gasteiger partial charge >= 0.3 is 5.97 Å². The minimum Gasteiger partial charge on any atom is -0.462 e. The van der Waals surface area contributed by atoms with E-state index in [1.54, 1.807) is 30.8 Å². The van der Waals surface area contributed by atoms with E-state index < -0.39 is 0 Å². The number of hydrogen-bond donors (Lipinski definition) is 1. The maximum absolute atomic E-state index is 11.8. The number of aliphatic hydroxyl groups is 1. The van der Waals surface area contributed by atoms with Gasteiger partial charge in [-0.3, -0.25) is 0 Å². The fraction of sp³-hybridized carbons (Fsp3) is 0.467. The molecule has 0 amide bonds. The van der Waals surface area contributed by atoms with Crippen molar-refractivity contribution < 1.29 is 14.6 Å². The maximum atomic E-state index is 11.8. The highest BCUT2D eigenvalue weighted by Gasteiger charge is 2.13. The first kappa shape index (κ1) is 15.9. The second kappa shape index (κ2) is 7.47. The van der Waals surface area contributed by atoms with Gasteiger partial charge in [-0.1, -0.05) is 0 Å². The predicted molar refractivity (Wildman–Crippen MR) is 84.9 cm³/mol. The first-order chi connectivity index (χ1) is 10.2. The Kier molecular flexibility index (Phi) is 5.64. The van der Waals surface area contributed by atoms with Gasteiger partial charge in [0, 0.05) is 18.7 Å². The molecule has 5 nitrogen and oxygen atoms in total. The van der Waals surface area contributed by atoms with Crippen LogP contribution in [0.4, 0.5) is 0 Å². The Hall–Kier alpha value is -1.53. The Morgan fingerprint density at radius 3 is 2.95 bits per heavy atom. The number of benzene rings is 1. The number of esters is 1. The van der Waals surface area contributed by atoms with Crippen LogP contribution >= 0.6 is 11.8 Å². The number of carbonyl (C=O) groups is 1. The van der Waals surface area contributed by atoms with Crippen LogP contribution in [0.5, 0.6) is 0 Å². The van der Waals surface area contributed by atoms with Crippen LogP contribution in [0.1, 0.15) is 23.1 Å². The van der Waals surface area contributed by atoms with E-state index in [0.717, 1.165) is 29.0 Å². The van der Waals surface area contributed by atoms with E-state index in [0.29, 0.717) is 18.7 Å². The fourth-order valence-corrected chi connectivity index (χ4v) is 2.64. The molecule has 21 heavy (non-hydrogen) atoms. The Morgan fingerprint density at radius 2 is 2.29 bits per heavy atom. The maximum Gasteiger partial charge on any atom is 0.338 e. The van der Waals surface area contributed by atoms with E-state index in [1.165, 1.54) is 0 Å². The molecule has 114 valence electrons. The summed E-state index contributed by atoms with van der Waals surface area (Å²) in [5, 5.41) is 9.23. The van der Waals surface area contributed by atoms with Crippen molar-refractivity contribution in [3.8, 4) is 0 Å². The van der Waals surface area contributed by atoms with Gasteiger partial charge < -0.3 is 14.4 Å². The molecule has 0 atom stereocenters. The van der Waals surface area contributed by atoms with Gasteiger partial charge in [0.05, 0.1) is 29.8 Å². The summed E-state index contributed by atoms with van der Waals surface area (Å²) in [5.41, 5.74) is 2.22. The molecule has 0 saturated carbocycles. The van der Waals surface area contributed by atoms with Gasteiger partial charge in [0.2, 0.25) is 0 Å². The standard InChI is InChI=1S/C15H20N2O3S/c1-3-20-15(19)11-4-5-13-12(10-11)16-14(6-9-21-2)17(13)7-8-18/h4-5,10,18H,3,6-9H2,1-2H3. The first-order valence-electron chi connectivity index (χ1n) is 6.97. The van der Waals surface area contributed by atoms with Gasteiger partial charge in [-0.05, 0) is 31.4 Å². The number of imidazole rings is 1. The minimum atomic E-state index is -0.332. The van der Waals surface area contributed by atoms with Gasteiger partial charge in [0.15, 0.2) is 0 Å². The number of thioether (sulfide) groups is 1. The minimum absolute atomic E-state index is 0.0668. The van der Waals surface area contributed by atoms with Gasteiger partial charge in [-0.25, -0.2) is 9.78 Å². The second-order valence-electron chi connectivity index (χ2n) is 4.57. The molecule has 0 fully saturated rings. The van der Waals surface area contributed by atoms with Crippen molar-refractivity contribution in [2.24, 2.45) is 0 Å². The van der Waals surface area contributed by atoms with Crippen LogP contribution in [0.3, 0.4) is 0 Å². The SMILES string of the molecule is CCOC(=O)c1ccc2c(c1)nc(CCSC)n2CCO. The monoisotopic (exact) mass is 308 g/mol. The summed E-state index contributed by atoms with van der Waals surface area (Å²) in [4.78, 5) is 16.4. The number of hydrogen-bond acceptors (Lipinski definition) is 5. The molecule has 1 aromatic carbocycles. The smallest absolute Gasteiger partial charge is 0.338 e. The van der Waals surface area contributed by atoms with Crippen molar-refractivity contribution >= 4 is 28.8 Å². The van der Waals surface area contributed by atoms with Crippen LogP contribution < -0.4 is 0 Å². The third-order valence-electron chi connectivity index (χ3n) is 3.19. The molecule has 0 saturated heterocycles. The van der Waals surface area contributed by atoms with E-state index in [9.17, 15) is 9.90 Å². The molecule has 0 aliphatic rings. The molecule has 0 spiro atoms. The lowest BCUT2D eigenvalue weighted by atomic mass is 10.2. The molecule has 0 bridgehead atoms. The lowest BCUT2D eigenvalue weighted by Crippen LogP contribution is -2.08.